The molecule has 0 radical (unpaired) electrons. The molecule has 0 spiro atoms. The highest BCUT2D eigenvalue weighted by atomic mass is 32.1. The van der Waals surface area contributed by atoms with Gasteiger partial charge in [-0.2, -0.15) is 23.3 Å². The molecule has 3 rings (SSSR count). The van der Waals surface area contributed by atoms with Crippen LogP contribution in [-0.4, -0.2) is 32.7 Å². The number of alkyl halides is 3. The molecule has 9 heteroatoms. The molecule has 0 unspecified atom stereocenters. The Balaban J connectivity index is 2.01. The molecule has 2 aromatic rings. The summed E-state index contributed by atoms with van der Waals surface area (Å²) in [5.41, 5.74) is -1.81. The number of hydrazone groups is 1. The summed E-state index contributed by atoms with van der Waals surface area (Å²) in [4.78, 5) is 8.30. The number of hydrogen-bond donors (Lipinski definition) is 1. The average molecular weight is 356 g/mol. The first kappa shape index (κ1) is 16.8. The van der Waals surface area contributed by atoms with E-state index in [1.165, 1.54) is 0 Å². The van der Waals surface area contributed by atoms with E-state index in [2.05, 4.69) is 15.1 Å². The lowest BCUT2D eigenvalue weighted by Gasteiger charge is -2.32. The number of hydrogen-bond acceptors (Lipinski definition) is 6. The molecule has 1 aliphatic heterocycles. The molecule has 24 heavy (non-hydrogen) atoms. The van der Waals surface area contributed by atoms with E-state index in [1.807, 2.05) is 0 Å². The summed E-state index contributed by atoms with van der Waals surface area (Å²) in [5.74, 6) is -0.209. The number of thiazole rings is 1. The number of halogens is 3. The zero-order valence-electron chi connectivity index (χ0n) is 12.9. The maximum absolute atomic E-state index is 13.4. The molecule has 0 aromatic carbocycles. The van der Waals surface area contributed by atoms with Crippen LogP contribution in [0.4, 0.5) is 18.3 Å². The Bertz CT molecular complexity index is 760. The fraction of sp³-hybridized carbons (Fsp3) is 0.400. The van der Waals surface area contributed by atoms with Gasteiger partial charge >= 0.3 is 6.18 Å². The SMILES string of the molecule is CC(C)C1=NN(c2nc(-c3ccccn3)cs2)[C@@](O)(C(F)(F)F)C1. The molecule has 1 N–H and O–H groups in total. The predicted octanol–water partition coefficient (Wildman–Crippen LogP) is 3.68. The molecule has 1 aliphatic rings. The van der Waals surface area contributed by atoms with Gasteiger partial charge in [0, 0.05) is 23.7 Å². The smallest absolute Gasteiger partial charge is 0.362 e. The number of aromatic nitrogens is 2. The van der Waals surface area contributed by atoms with Gasteiger partial charge in [-0.25, -0.2) is 4.98 Å². The summed E-state index contributed by atoms with van der Waals surface area (Å²) in [6.07, 6.45) is -3.87. The maximum atomic E-state index is 13.4. The molecule has 1 atom stereocenters. The standard InChI is InChI=1S/C15H15F3N4OS/c1-9(2)11-7-14(23,15(16,17)18)22(21-11)13-20-12(8-24-13)10-5-3-4-6-19-10/h3-6,8-9,23H,7H2,1-2H3/t14-/m0/s1. The van der Waals surface area contributed by atoms with E-state index in [0.29, 0.717) is 16.4 Å². The van der Waals surface area contributed by atoms with Crippen molar-refractivity contribution >= 4 is 22.2 Å². The highest BCUT2D eigenvalue weighted by Crippen LogP contribution is 2.44. The first-order valence-corrected chi connectivity index (χ1v) is 8.14. The molecule has 0 bridgehead atoms. The van der Waals surface area contributed by atoms with E-state index in [4.69, 9.17) is 0 Å². The minimum atomic E-state index is -4.86. The summed E-state index contributed by atoms with van der Waals surface area (Å²) >= 11 is 0.982. The summed E-state index contributed by atoms with van der Waals surface area (Å²) in [5, 5.41) is 16.4. The third-order valence-electron chi connectivity index (χ3n) is 3.73. The Labute approximate surface area is 140 Å². The molecular weight excluding hydrogens is 341 g/mol. The van der Waals surface area contributed by atoms with Crippen LogP contribution >= 0.6 is 11.3 Å². The zero-order valence-corrected chi connectivity index (χ0v) is 13.8. The average Bonchev–Trinajstić information content (AvgIpc) is 3.12. The van der Waals surface area contributed by atoms with Crippen molar-refractivity contribution in [3.63, 3.8) is 0 Å². The van der Waals surface area contributed by atoms with Gasteiger partial charge < -0.3 is 5.11 Å². The van der Waals surface area contributed by atoms with Crippen molar-refractivity contribution in [2.24, 2.45) is 11.0 Å². The lowest BCUT2D eigenvalue weighted by Crippen LogP contribution is -2.55. The van der Waals surface area contributed by atoms with Crippen LogP contribution in [0.15, 0.2) is 34.9 Å². The molecule has 5 nitrogen and oxygen atoms in total. The van der Waals surface area contributed by atoms with Crippen molar-refractivity contribution in [3.05, 3.63) is 29.8 Å². The summed E-state index contributed by atoms with van der Waals surface area (Å²) < 4.78 is 40.3. The van der Waals surface area contributed by atoms with Crippen LogP contribution in [0.3, 0.4) is 0 Å². The van der Waals surface area contributed by atoms with E-state index >= 15 is 0 Å². The first-order valence-electron chi connectivity index (χ1n) is 7.26. The third kappa shape index (κ3) is 2.78. The van der Waals surface area contributed by atoms with Gasteiger partial charge in [-0.15, -0.1) is 11.3 Å². The number of rotatable bonds is 3. The second-order valence-corrected chi connectivity index (χ2v) is 6.62. The Hall–Kier alpha value is -2.00. The maximum Gasteiger partial charge on any atom is 0.438 e. The van der Waals surface area contributed by atoms with Gasteiger partial charge in [0.1, 0.15) is 5.69 Å². The monoisotopic (exact) mass is 356 g/mol. The summed E-state index contributed by atoms with van der Waals surface area (Å²) in [6.45, 7) is 3.47. The van der Waals surface area contributed by atoms with Crippen molar-refractivity contribution in [2.45, 2.75) is 32.2 Å². The van der Waals surface area contributed by atoms with Crippen molar-refractivity contribution < 1.29 is 18.3 Å². The molecule has 0 fully saturated rings. The zero-order chi connectivity index (χ0) is 17.5. The quantitative estimate of drug-likeness (QED) is 0.911. The van der Waals surface area contributed by atoms with Crippen LogP contribution in [0.5, 0.6) is 0 Å². The predicted molar refractivity (Wildman–Crippen MR) is 85.7 cm³/mol. The first-order chi connectivity index (χ1) is 11.2. The molecule has 128 valence electrons. The normalized spacial score (nSPS) is 21.5. The topological polar surface area (TPSA) is 61.6 Å². The lowest BCUT2D eigenvalue weighted by atomic mass is 9.99. The Kier molecular flexibility index (Phi) is 4.08. The second-order valence-electron chi connectivity index (χ2n) is 5.78. The van der Waals surface area contributed by atoms with Crippen molar-refractivity contribution in [1.82, 2.24) is 9.97 Å². The number of nitrogens with zero attached hydrogens (tertiary/aromatic N) is 4. The van der Waals surface area contributed by atoms with Crippen LogP contribution in [0.2, 0.25) is 0 Å². The fourth-order valence-corrected chi connectivity index (χ4v) is 3.14. The van der Waals surface area contributed by atoms with Crippen molar-refractivity contribution in [1.29, 1.82) is 0 Å². The Morgan fingerprint density at radius 3 is 2.62 bits per heavy atom. The van der Waals surface area contributed by atoms with Crippen LogP contribution < -0.4 is 5.01 Å². The summed E-state index contributed by atoms with van der Waals surface area (Å²) in [6, 6.07) is 5.21. The molecule has 0 saturated carbocycles. The van der Waals surface area contributed by atoms with Gasteiger partial charge in [-0.05, 0) is 18.1 Å². The van der Waals surface area contributed by atoms with Crippen LogP contribution in [0.1, 0.15) is 20.3 Å². The van der Waals surface area contributed by atoms with Gasteiger partial charge in [0.15, 0.2) is 0 Å². The van der Waals surface area contributed by atoms with Gasteiger partial charge in [0.05, 0.1) is 5.69 Å². The molecule has 3 heterocycles. The Morgan fingerprint density at radius 1 is 1.29 bits per heavy atom. The van der Waals surface area contributed by atoms with Gasteiger partial charge in [0.2, 0.25) is 5.13 Å². The van der Waals surface area contributed by atoms with E-state index < -0.39 is 18.3 Å². The van der Waals surface area contributed by atoms with E-state index in [-0.39, 0.29) is 16.8 Å². The van der Waals surface area contributed by atoms with Gasteiger partial charge in [-0.3, -0.25) is 4.98 Å². The number of pyridine rings is 1. The van der Waals surface area contributed by atoms with Crippen LogP contribution in [0, 0.1) is 5.92 Å². The minimum Gasteiger partial charge on any atom is -0.362 e. The third-order valence-corrected chi connectivity index (χ3v) is 4.54. The summed E-state index contributed by atoms with van der Waals surface area (Å²) in [7, 11) is 0. The molecular formula is C15H15F3N4OS. The lowest BCUT2D eigenvalue weighted by molar-refractivity contribution is -0.254. The van der Waals surface area contributed by atoms with E-state index in [9.17, 15) is 18.3 Å². The largest absolute Gasteiger partial charge is 0.438 e. The fourth-order valence-electron chi connectivity index (χ4n) is 2.31. The molecule has 2 aromatic heterocycles. The number of aliphatic hydroxyl groups is 1. The van der Waals surface area contributed by atoms with Crippen molar-refractivity contribution in [2.75, 3.05) is 5.01 Å². The highest BCUT2D eigenvalue weighted by Gasteiger charge is 2.62. The number of anilines is 1. The minimum absolute atomic E-state index is 0.0221. The van der Waals surface area contributed by atoms with Crippen LogP contribution in [0.25, 0.3) is 11.4 Å². The van der Waals surface area contributed by atoms with Crippen molar-refractivity contribution in [3.8, 4) is 11.4 Å². The molecule has 0 saturated heterocycles. The van der Waals surface area contributed by atoms with E-state index in [0.717, 1.165) is 11.3 Å². The van der Waals surface area contributed by atoms with Crippen LogP contribution in [-0.2, 0) is 0 Å². The second kappa shape index (κ2) is 5.82. The highest BCUT2D eigenvalue weighted by molar-refractivity contribution is 7.14. The molecule has 0 amide bonds. The van der Waals surface area contributed by atoms with Gasteiger partial charge in [-0.1, -0.05) is 19.9 Å². The Morgan fingerprint density at radius 2 is 2.04 bits per heavy atom. The molecule has 0 aliphatic carbocycles. The van der Waals surface area contributed by atoms with E-state index in [1.54, 1.807) is 43.6 Å². The van der Waals surface area contributed by atoms with Gasteiger partial charge in [0.25, 0.3) is 5.72 Å².